The quantitative estimate of drug-likeness (QED) is 0.652. The third-order valence-electron chi connectivity index (χ3n) is 1.81. The fourth-order valence-electron chi connectivity index (χ4n) is 1.10. The molecule has 0 amide bonds. The summed E-state index contributed by atoms with van der Waals surface area (Å²) < 4.78 is 73.4. The van der Waals surface area contributed by atoms with Gasteiger partial charge in [-0.1, -0.05) is 0 Å². The summed E-state index contributed by atoms with van der Waals surface area (Å²) in [4.78, 5) is 0. The van der Waals surface area contributed by atoms with Gasteiger partial charge in [-0.05, 0) is 28.1 Å². The molecule has 8 heteroatoms. The van der Waals surface area contributed by atoms with E-state index in [9.17, 15) is 26.3 Å². The Labute approximate surface area is 99.8 Å². The summed E-state index contributed by atoms with van der Waals surface area (Å²) >= 11 is 2.27. The second-order valence-electron chi connectivity index (χ2n) is 2.99. The Morgan fingerprint density at radius 3 is 1.53 bits per heavy atom. The molecular formula is C9H2BrF6N. The highest BCUT2D eigenvalue weighted by Gasteiger charge is 2.40. The summed E-state index contributed by atoms with van der Waals surface area (Å²) in [6.45, 7) is 0. The molecule has 0 N–H and O–H groups in total. The van der Waals surface area contributed by atoms with Gasteiger partial charge >= 0.3 is 12.4 Å². The Balaban J connectivity index is 3.61. The van der Waals surface area contributed by atoms with E-state index in [1.54, 1.807) is 0 Å². The van der Waals surface area contributed by atoms with Crippen molar-refractivity contribution in [1.82, 2.24) is 0 Å². The molecule has 1 nitrogen and oxygen atoms in total. The molecule has 0 aliphatic carbocycles. The van der Waals surface area contributed by atoms with Gasteiger partial charge in [0.2, 0.25) is 0 Å². The molecule has 0 heterocycles. The number of nitriles is 1. The molecule has 1 aromatic carbocycles. The first-order chi connectivity index (χ1) is 7.57. The molecule has 17 heavy (non-hydrogen) atoms. The van der Waals surface area contributed by atoms with Crippen LogP contribution in [-0.2, 0) is 12.4 Å². The van der Waals surface area contributed by atoms with Crippen molar-refractivity contribution in [3.63, 3.8) is 0 Å². The summed E-state index contributed by atoms with van der Waals surface area (Å²) in [5.41, 5.74) is -3.75. The first-order valence-corrected chi connectivity index (χ1v) is 4.74. The smallest absolute Gasteiger partial charge is 0.192 e. The minimum absolute atomic E-state index is 0.360. The van der Waals surface area contributed by atoms with E-state index in [0.717, 1.165) is 0 Å². The van der Waals surface area contributed by atoms with Crippen molar-refractivity contribution in [2.75, 3.05) is 0 Å². The average Bonchev–Trinajstić information content (AvgIpc) is 2.14. The zero-order valence-corrected chi connectivity index (χ0v) is 9.33. The molecule has 0 saturated heterocycles. The highest BCUT2D eigenvalue weighted by molar-refractivity contribution is 9.10. The monoisotopic (exact) mass is 317 g/mol. The number of halogens is 7. The van der Waals surface area contributed by atoms with Crippen LogP contribution in [0.15, 0.2) is 16.6 Å². The van der Waals surface area contributed by atoms with Gasteiger partial charge in [0.1, 0.15) is 0 Å². The predicted octanol–water partition coefficient (Wildman–Crippen LogP) is 4.36. The number of hydrogen-bond acceptors (Lipinski definition) is 1. The zero-order chi connectivity index (χ0) is 13.4. The van der Waals surface area contributed by atoms with Gasteiger partial charge < -0.3 is 0 Å². The fraction of sp³-hybridized carbons (Fsp3) is 0.222. The Kier molecular flexibility index (Phi) is 3.43. The van der Waals surface area contributed by atoms with E-state index < -0.39 is 33.5 Å². The van der Waals surface area contributed by atoms with Crippen molar-refractivity contribution < 1.29 is 26.3 Å². The number of nitrogens with zero attached hydrogens (tertiary/aromatic N) is 1. The van der Waals surface area contributed by atoms with Crippen LogP contribution in [0.5, 0.6) is 0 Å². The van der Waals surface area contributed by atoms with Crippen molar-refractivity contribution in [2.24, 2.45) is 0 Å². The van der Waals surface area contributed by atoms with Gasteiger partial charge in [0, 0.05) is 4.47 Å². The van der Waals surface area contributed by atoms with Crippen molar-refractivity contribution in [3.8, 4) is 6.07 Å². The second kappa shape index (κ2) is 4.22. The van der Waals surface area contributed by atoms with Crippen LogP contribution in [0.25, 0.3) is 0 Å². The van der Waals surface area contributed by atoms with Crippen molar-refractivity contribution in [1.29, 1.82) is 5.26 Å². The van der Waals surface area contributed by atoms with Gasteiger partial charge in [-0.2, -0.15) is 31.6 Å². The lowest BCUT2D eigenvalue weighted by Gasteiger charge is -2.15. The van der Waals surface area contributed by atoms with Crippen LogP contribution in [-0.4, -0.2) is 0 Å². The molecule has 0 fully saturated rings. The highest BCUT2D eigenvalue weighted by Crippen LogP contribution is 2.42. The molecule has 0 unspecified atom stereocenters. The Hall–Kier alpha value is -1.23. The normalized spacial score (nSPS) is 12.4. The standard InChI is InChI=1S/C9H2BrF6N/c10-7-5(8(11,12)13)1-4(3-17)2-6(7)9(14,15)16/h1-2H. The fourth-order valence-corrected chi connectivity index (χ4v) is 1.78. The summed E-state index contributed by atoms with van der Waals surface area (Å²) in [6.07, 6.45) is -9.93. The largest absolute Gasteiger partial charge is 0.417 e. The highest BCUT2D eigenvalue weighted by atomic mass is 79.9. The van der Waals surface area contributed by atoms with E-state index >= 15 is 0 Å². The first kappa shape index (κ1) is 13.8. The molecule has 0 aromatic heterocycles. The Morgan fingerprint density at radius 1 is 0.941 bits per heavy atom. The van der Waals surface area contributed by atoms with Crippen LogP contribution in [0.4, 0.5) is 26.3 Å². The first-order valence-electron chi connectivity index (χ1n) is 3.95. The summed E-state index contributed by atoms with van der Waals surface area (Å²) in [7, 11) is 0. The van der Waals surface area contributed by atoms with Crippen LogP contribution in [0.1, 0.15) is 16.7 Å². The molecule has 0 aliphatic heterocycles. The molecule has 0 atom stereocenters. The Bertz CT molecular complexity index is 447. The minimum atomic E-state index is -4.97. The summed E-state index contributed by atoms with van der Waals surface area (Å²) in [5.74, 6) is 0. The second-order valence-corrected chi connectivity index (χ2v) is 3.79. The lowest BCUT2D eigenvalue weighted by molar-refractivity contribution is -0.144. The maximum absolute atomic E-state index is 12.4. The van der Waals surface area contributed by atoms with Gasteiger partial charge in [0.15, 0.2) is 0 Å². The van der Waals surface area contributed by atoms with E-state index in [0.29, 0.717) is 12.1 Å². The lowest BCUT2D eigenvalue weighted by atomic mass is 10.1. The number of hydrogen-bond donors (Lipinski definition) is 0. The molecule has 0 radical (unpaired) electrons. The van der Waals surface area contributed by atoms with E-state index in [-0.39, 0.29) is 0 Å². The third-order valence-corrected chi connectivity index (χ3v) is 2.67. The lowest BCUT2D eigenvalue weighted by Crippen LogP contribution is -2.13. The topological polar surface area (TPSA) is 23.8 Å². The number of rotatable bonds is 0. The third kappa shape index (κ3) is 2.91. The molecular weight excluding hydrogens is 316 g/mol. The minimum Gasteiger partial charge on any atom is -0.192 e. The zero-order valence-electron chi connectivity index (χ0n) is 7.75. The van der Waals surface area contributed by atoms with E-state index in [4.69, 9.17) is 5.26 Å². The molecule has 1 aromatic rings. The molecule has 0 aliphatic rings. The van der Waals surface area contributed by atoms with E-state index in [1.807, 2.05) is 0 Å². The summed E-state index contributed by atoms with van der Waals surface area (Å²) in [6, 6.07) is 1.98. The van der Waals surface area contributed by atoms with E-state index in [1.165, 1.54) is 6.07 Å². The number of benzene rings is 1. The SMILES string of the molecule is N#Cc1cc(C(F)(F)F)c(Br)c(C(F)(F)F)c1. The van der Waals surface area contributed by atoms with Gasteiger partial charge in [-0.3, -0.25) is 0 Å². The maximum Gasteiger partial charge on any atom is 0.417 e. The summed E-state index contributed by atoms with van der Waals surface area (Å²) in [5, 5.41) is 8.41. The van der Waals surface area contributed by atoms with Gasteiger partial charge in [-0.15, -0.1) is 0 Å². The van der Waals surface area contributed by atoms with Gasteiger partial charge in [-0.25, -0.2) is 0 Å². The van der Waals surface area contributed by atoms with Crippen LogP contribution in [0, 0.1) is 11.3 Å². The molecule has 1 rings (SSSR count). The van der Waals surface area contributed by atoms with Crippen LogP contribution in [0.3, 0.4) is 0 Å². The van der Waals surface area contributed by atoms with Crippen LogP contribution in [0.2, 0.25) is 0 Å². The van der Waals surface area contributed by atoms with Crippen molar-refractivity contribution in [3.05, 3.63) is 33.3 Å². The molecule has 92 valence electrons. The van der Waals surface area contributed by atoms with Crippen molar-refractivity contribution in [2.45, 2.75) is 12.4 Å². The maximum atomic E-state index is 12.4. The molecule has 0 saturated carbocycles. The van der Waals surface area contributed by atoms with Crippen molar-refractivity contribution >= 4 is 15.9 Å². The van der Waals surface area contributed by atoms with Gasteiger partial charge in [0.25, 0.3) is 0 Å². The molecule has 0 spiro atoms. The predicted molar refractivity (Wildman–Crippen MR) is 48.9 cm³/mol. The van der Waals surface area contributed by atoms with Crippen LogP contribution >= 0.6 is 15.9 Å². The molecule has 0 bridgehead atoms. The van der Waals surface area contributed by atoms with Gasteiger partial charge in [0.05, 0.1) is 22.8 Å². The Morgan fingerprint density at radius 2 is 1.29 bits per heavy atom. The van der Waals surface area contributed by atoms with Crippen LogP contribution < -0.4 is 0 Å². The number of alkyl halides is 6. The average molecular weight is 318 g/mol. The van der Waals surface area contributed by atoms with E-state index in [2.05, 4.69) is 15.9 Å².